The monoisotopic (exact) mass is 254 g/mol. The van der Waals surface area contributed by atoms with E-state index >= 15 is 0 Å². The van der Waals surface area contributed by atoms with E-state index in [0.717, 1.165) is 6.42 Å². The lowest BCUT2D eigenvalue weighted by Crippen LogP contribution is -2.42. The zero-order chi connectivity index (χ0) is 13.5. The number of aliphatic hydroxyl groups excluding tert-OH is 1. The van der Waals surface area contributed by atoms with Crippen molar-refractivity contribution in [3.8, 4) is 0 Å². The topological polar surface area (TPSA) is 91.6 Å². The van der Waals surface area contributed by atoms with Crippen LogP contribution in [0.3, 0.4) is 0 Å². The van der Waals surface area contributed by atoms with Crippen LogP contribution in [0.2, 0.25) is 0 Å². The summed E-state index contributed by atoms with van der Waals surface area (Å²) in [5.41, 5.74) is 0.432. The number of amides is 1. The van der Waals surface area contributed by atoms with Crippen LogP contribution in [0.15, 0.2) is 18.3 Å². The lowest BCUT2D eigenvalue weighted by Gasteiger charge is -2.14. The summed E-state index contributed by atoms with van der Waals surface area (Å²) in [6, 6.07) is 2.32. The number of carboxylic acid groups (broad SMARTS) is 1. The third kappa shape index (κ3) is 3.59. The number of nitrogens with one attached hydrogen (secondary N) is 1. The lowest BCUT2D eigenvalue weighted by molar-refractivity contribution is -0.139. The predicted molar refractivity (Wildman–Crippen MR) is 65.3 cm³/mol. The molecule has 1 rings (SSSR count). The zero-order valence-corrected chi connectivity index (χ0v) is 10.3. The zero-order valence-electron chi connectivity index (χ0n) is 10.3. The lowest BCUT2D eigenvalue weighted by atomic mass is 10.2. The molecule has 1 aromatic rings. The standard InChI is InChI=1S/C12H18N2O4/c1-2-6-14-7-3-4-10(14)11(16)13-9(5-8-15)12(17)18/h3-4,7,9,15H,2,5-6,8H2,1H3,(H,13,16)(H,17,18). The molecule has 18 heavy (non-hydrogen) atoms. The van der Waals surface area contributed by atoms with E-state index in [1.807, 2.05) is 6.92 Å². The van der Waals surface area contributed by atoms with Gasteiger partial charge in [-0.2, -0.15) is 0 Å². The molecule has 3 N–H and O–H groups in total. The highest BCUT2D eigenvalue weighted by molar-refractivity contribution is 5.95. The van der Waals surface area contributed by atoms with E-state index in [0.29, 0.717) is 12.2 Å². The van der Waals surface area contributed by atoms with Crippen molar-refractivity contribution in [3.63, 3.8) is 0 Å². The molecule has 6 nitrogen and oxygen atoms in total. The number of carboxylic acids is 1. The first-order chi connectivity index (χ1) is 8.60. The molecular weight excluding hydrogens is 236 g/mol. The fourth-order valence-corrected chi connectivity index (χ4v) is 1.67. The van der Waals surface area contributed by atoms with Gasteiger partial charge in [0.2, 0.25) is 0 Å². The van der Waals surface area contributed by atoms with Crippen LogP contribution < -0.4 is 5.32 Å². The molecule has 1 heterocycles. The van der Waals surface area contributed by atoms with Crippen molar-refractivity contribution in [2.24, 2.45) is 0 Å². The molecule has 0 bridgehead atoms. The quantitative estimate of drug-likeness (QED) is 0.659. The van der Waals surface area contributed by atoms with E-state index in [1.54, 1.807) is 22.9 Å². The number of hydrogen-bond acceptors (Lipinski definition) is 3. The molecule has 0 spiro atoms. The van der Waals surface area contributed by atoms with E-state index in [2.05, 4.69) is 5.32 Å². The molecule has 1 aromatic heterocycles. The maximum atomic E-state index is 11.9. The number of aliphatic carboxylic acids is 1. The van der Waals surface area contributed by atoms with Gasteiger partial charge in [0.05, 0.1) is 0 Å². The van der Waals surface area contributed by atoms with Crippen LogP contribution in [0.5, 0.6) is 0 Å². The van der Waals surface area contributed by atoms with Gasteiger partial charge >= 0.3 is 5.97 Å². The average molecular weight is 254 g/mol. The summed E-state index contributed by atoms with van der Waals surface area (Å²) >= 11 is 0. The molecule has 0 aliphatic rings. The number of carbonyl (C=O) groups is 2. The Morgan fingerprint density at radius 3 is 2.78 bits per heavy atom. The summed E-state index contributed by atoms with van der Waals surface area (Å²) in [7, 11) is 0. The van der Waals surface area contributed by atoms with Crippen LogP contribution in [0.1, 0.15) is 30.3 Å². The van der Waals surface area contributed by atoms with Crippen LogP contribution in [0.4, 0.5) is 0 Å². The fraction of sp³-hybridized carbons (Fsp3) is 0.500. The van der Waals surface area contributed by atoms with Crippen molar-refractivity contribution in [1.82, 2.24) is 9.88 Å². The van der Waals surface area contributed by atoms with Crippen molar-refractivity contribution >= 4 is 11.9 Å². The highest BCUT2D eigenvalue weighted by Gasteiger charge is 2.21. The summed E-state index contributed by atoms with van der Waals surface area (Å²) in [5.74, 6) is -1.58. The summed E-state index contributed by atoms with van der Waals surface area (Å²) in [6.45, 7) is 2.41. The SMILES string of the molecule is CCCn1cccc1C(=O)NC(CCO)C(=O)O. The van der Waals surface area contributed by atoms with Crippen LogP contribution in [0, 0.1) is 0 Å². The molecule has 0 aliphatic heterocycles. The maximum Gasteiger partial charge on any atom is 0.326 e. The van der Waals surface area contributed by atoms with Crippen LogP contribution in [0.25, 0.3) is 0 Å². The highest BCUT2D eigenvalue weighted by Crippen LogP contribution is 2.05. The van der Waals surface area contributed by atoms with E-state index in [9.17, 15) is 9.59 Å². The van der Waals surface area contributed by atoms with E-state index in [-0.39, 0.29) is 13.0 Å². The molecule has 100 valence electrons. The Morgan fingerprint density at radius 2 is 2.22 bits per heavy atom. The summed E-state index contributed by atoms with van der Waals surface area (Å²) in [6.07, 6.45) is 2.66. The molecule has 1 unspecified atom stereocenters. The minimum absolute atomic E-state index is 0.00441. The van der Waals surface area contributed by atoms with E-state index in [1.165, 1.54) is 0 Å². The Balaban J connectivity index is 2.74. The number of aromatic nitrogens is 1. The van der Waals surface area contributed by atoms with Gasteiger partial charge in [-0.15, -0.1) is 0 Å². The van der Waals surface area contributed by atoms with Gasteiger partial charge in [0.1, 0.15) is 11.7 Å². The second kappa shape index (κ2) is 6.80. The van der Waals surface area contributed by atoms with Crippen LogP contribution >= 0.6 is 0 Å². The Hall–Kier alpha value is -1.82. The molecular formula is C12H18N2O4. The maximum absolute atomic E-state index is 11.9. The van der Waals surface area contributed by atoms with Crippen molar-refractivity contribution in [3.05, 3.63) is 24.0 Å². The predicted octanol–water partition coefficient (Wildman–Crippen LogP) is 0.463. The van der Waals surface area contributed by atoms with E-state index in [4.69, 9.17) is 10.2 Å². The number of carbonyl (C=O) groups excluding carboxylic acids is 1. The van der Waals surface area contributed by atoms with Crippen molar-refractivity contribution in [1.29, 1.82) is 0 Å². The molecule has 6 heteroatoms. The molecule has 0 aromatic carbocycles. The Kier molecular flexibility index (Phi) is 5.38. The Labute approximate surface area is 105 Å². The average Bonchev–Trinajstić information content (AvgIpc) is 2.77. The molecule has 1 amide bonds. The molecule has 0 saturated heterocycles. The fourth-order valence-electron chi connectivity index (χ4n) is 1.67. The molecule has 0 aliphatic carbocycles. The smallest absolute Gasteiger partial charge is 0.326 e. The molecule has 0 saturated carbocycles. The van der Waals surface area contributed by atoms with Gasteiger partial charge in [0.25, 0.3) is 5.91 Å². The van der Waals surface area contributed by atoms with Crippen molar-refractivity contribution in [2.45, 2.75) is 32.4 Å². The minimum Gasteiger partial charge on any atom is -0.480 e. The van der Waals surface area contributed by atoms with Crippen molar-refractivity contribution < 1.29 is 19.8 Å². The number of nitrogens with zero attached hydrogens (tertiary/aromatic N) is 1. The third-order valence-electron chi connectivity index (χ3n) is 2.55. The highest BCUT2D eigenvalue weighted by atomic mass is 16.4. The first kappa shape index (κ1) is 14.2. The molecule has 0 radical (unpaired) electrons. The van der Waals surface area contributed by atoms with Gasteiger partial charge < -0.3 is 20.1 Å². The van der Waals surface area contributed by atoms with E-state index < -0.39 is 17.9 Å². The largest absolute Gasteiger partial charge is 0.480 e. The Bertz CT molecular complexity index is 414. The summed E-state index contributed by atoms with van der Waals surface area (Å²) in [4.78, 5) is 22.8. The number of hydrogen-bond donors (Lipinski definition) is 3. The second-order valence-electron chi connectivity index (χ2n) is 3.96. The minimum atomic E-state index is -1.15. The van der Waals surface area contributed by atoms with Crippen LogP contribution in [-0.2, 0) is 11.3 Å². The number of aliphatic hydroxyl groups is 1. The number of rotatable bonds is 7. The van der Waals surface area contributed by atoms with Crippen molar-refractivity contribution in [2.75, 3.05) is 6.61 Å². The summed E-state index contributed by atoms with van der Waals surface area (Å²) in [5, 5.41) is 20.0. The van der Waals surface area contributed by atoms with Gasteiger partial charge in [0.15, 0.2) is 0 Å². The van der Waals surface area contributed by atoms with Gasteiger partial charge in [-0.3, -0.25) is 4.79 Å². The first-order valence-electron chi connectivity index (χ1n) is 5.89. The van der Waals surface area contributed by atoms with Gasteiger partial charge in [-0.1, -0.05) is 6.92 Å². The van der Waals surface area contributed by atoms with Crippen LogP contribution in [-0.4, -0.2) is 39.3 Å². The normalized spacial score (nSPS) is 12.1. The summed E-state index contributed by atoms with van der Waals surface area (Å²) < 4.78 is 1.77. The second-order valence-corrected chi connectivity index (χ2v) is 3.96. The third-order valence-corrected chi connectivity index (χ3v) is 2.55. The molecule has 0 fully saturated rings. The number of aryl methyl sites for hydroxylation is 1. The Morgan fingerprint density at radius 1 is 1.50 bits per heavy atom. The first-order valence-corrected chi connectivity index (χ1v) is 5.89. The van der Waals surface area contributed by atoms with Gasteiger partial charge in [-0.05, 0) is 18.6 Å². The molecule has 1 atom stereocenters. The van der Waals surface area contributed by atoms with Gasteiger partial charge in [0, 0.05) is 25.8 Å². The van der Waals surface area contributed by atoms with Gasteiger partial charge in [-0.25, -0.2) is 4.79 Å².